The summed E-state index contributed by atoms with van der Waals surface area (Å²) in [5, 5.41) is 11.2. The first-order valence-corrected chi connectivity index (χ1v) is 10.4. The van der Waals surface area contributed by atoms with Crippen molar-refractivity contribution in [1.82, 2.24) is 4.31 Å². The number of nitro benzene ring substituents is 1. The molecule has 0 N–H and O–H groups in total. The lowest BCUT2D eigenvalue weighted by Gasteiger charge is -2.35. The molecule has 0 aliphatic carbocycles. The zero-order valence-corrected chi connectivity index (χ0v) is 16.1. The quantitative estimate of drug-likeness (QED) is 0.560. The molecule has 1 heterocycles. The fourth-order valence-corrected chi connectivity index (χ4v) is 4.74. The Labute approximate surface area is 159 Å². The maximum absolute atomic E-state index is 12.9. The second-order valence-electron chi connectivity index (χ2n) is 6.53. The first-order valence-electron chi connectivity index (χ1n) is 9.01. The van der Waals surface area contributed by atoms with Crippen LogP contribution in [0.5, 0.6) is 0 Å². The molecule has 0 atom stereocenters. The summed E-state index contributed by atoms with van der Waals surface area (Å²) in [6.45, 7) is 3.51. The van der Waals surface area contributed by atoms with Crippen LogP contribution in [-0.2, 0) is 16.4 Å². The van der Waals surface area contributed by atoms with Crippen LogP contribution in [0.25, 0.3) is 0 Å². The van der Waals surface area contributed by atoms with E-state index in [2.05, 4.69) is 6.92 Å². The summed E-state index contributed by atoms with van der Waals surface area (Å²) in [7, 11) is -3.55. The lowest BCUT2D eigenvalue weighted by atomic mass is 10.1. The van der Waals surface area contributed by atoms with E-state index in [0.29, 0.717) is 36.8 Å². The number of nitrogens with zero attached hydrogens (tertiary/aromatic N) is 3. The van der Waals surface area contributed by atoms with Crippen LogP contribution in [0.3, 0.4) is 0 Å². The van der Waals surface area contributed by atoms with Gasteiger partial charge in [-0.25, -0.2) is 8.42 Å². The van der Waals surface area contributed by atoms with Gasteiger partial charge in [0.25, 0.3) is 5.69 Å². The molecule has 0 aromatic heterocycles. The fraction of sp³-hybridized carbons (Fsp3) is 0.368. The van der Waals surface area contributed by atoms with Gasteiger partial charge in [-0.15, -0.1) is 0 Å². The molecule has 0 saturated carbocycles. The summed E-state index contributed by atoms with van der Waals surface area (Å²) >= 11 is 0. The number of nitro groups is 1. The molecule has 2 aromatic carbocycles. The van der Waals surface area contributed by atoms with Gasteiger partial charge in [0, 0.05) is 32.2 Å². The highest BCUT2D eigenvalue weighted by Gasteiger charge is 2.30. The summed E-state index contributed by atoms with van der Waals surface area (Å²) < 4.78 is 27.2. The highest BCUT2D eigenvalue weighted by molar-refractivity contribution is 7.89. The molecule has 8 heteroatoms. The Hall–Kier alpha value is -2.45. The molecule has 1 saturated heterocycles. The van der Waals surface area contributed by atoms with E-state index >= 15 is 0 Å². The number of sulfonamides is 1. The number of benzene rings is 2. The fourth-order valence-electron chi connectivity index (χ4n) is 3.32. The van der Waals surface area contributed by atoms with Crippen molar-refractivity contribution >= 4 is 21.4 Å². The van der Waals surface area contributed by atoms with Crippen molar-refractivity contribution in [3.05, 3.63) is 64.2 Å². The molecular weight excluding hydrogens is 366 g/mol. The SMILES string of the molecule is CCCc1ccc(S(=O)(=O)N2CCN(c3ccccc3[N+](=O)[O-])CC2)cc1. The van der Waals surface area contributed by atoms with E-state index in [1.165, 1.54) is 10.4 Å². The number of aryl methyl sites for hydroxylation is 1. The minimum Gasteiger partial charge on any atom is -0.363 e. The highest BCUT2D eigenvalue weighted by atomic mass is 32.2. The van der Waals surface area contributed by atoms with Crippen molar-refractivity contribution in [1.29, 1.82) is 0 Å². The minimum atomic E-state index is -3.55. The second kappa shape index (κ2) is 8.06. The van der Waals surface area contributed by atoms with Crippen molar-refractivity contribution in [3.63, 3.8) is 0 Å². The van der Waals surface area contributed by atoms with Gasteiger partial charge in [-0.3, -0.25) is 10.1 Å². The van der Waals surface area contributed by atoms with Gasteiger partial charge in [0.1, 0.15) is 5.69 Å². The molecule has 0 spiro atoms. The van der Waals surface area contributed by atoms with E-state index in [0.717, 1.165) is 18.4 Å². The number of hydrogen-bond acceptors (Lipinski definition) is 5. The maximum Gasteiger partial charge on any atom is 0.292 e. The average Bonchev–Trinajstić information content (AvgIpc) is 2.69. The van der Waals surface area contributed by atoms with Gasteiger partial charge in [0.05, 0.1) is 9.82 Å². The van der Waals surface area contributed by atoms with E-state index in [4.69, 9.17) is 0 Å². The Morgan fingerprint density at radius 2 is 1.63 bits per heavy atom. The molecule has 0 radical (unpaired) electrons. The predicted molar refractivity (Wildman–Crippen MR) is 105 cm³/mol. The van der Waals surface area contributed by atoms with Crippen LogP contribution in [0.15, 0.2) is 53.4 Å². The van der Waals surface area contributed by atoms with E-state index in [-0.39, 0.29) is 5.69 Å². The summed E-state index contributed by atoms with van der Waals surface area (Å²) in [6.07, 6.45) is 1.94. The molecule has 0 unspecified atom stereocenters. The third-order valence-electron chi connectivity index (χ3n) is 4.76. The molecule has 2 aromatic rings. The van der Waals surface area contributed by atoms with Crippen molar-refractivity contribution in [2.75, 3.05) is 31.1 Å². The molecule has 0 bridgehead atoms. The van der Waals surface area contributed by atoms with Crippen LogP contribution in [0.2, 0.25) is 0 Å². The number of rotatable bonds is 6. The minimum absolute atomic E-state index is 0.0420. The monoisotopic (exact) mass is 389 g/mol. The number of piperazine rings is 1. The summed E-state index contributed by atoms with van der Waals surface area (Å²) in [5.41, 5.74) is 1.70. The van der Waals surface area contributed by atoms with Gasteiger partial charge in [-0.05, 0) is 30.2 Å². The first-order chi connectivity index (χ1) is 12.9. The largest absolute Gasteiger partial charge is 0.363 e. The molecule has 27 heavy (non-hydrogen) atoms. The molecule has 1 fully saturated rings. The number of anilines is 1. The Bertz CT molecular complexity index is 905. The van der Waals surface area contributed by atoms with Crippen LogP contribution in [0.1, 0.15) is 18.9 Å². The third-order valence-corrected chi connectivity index (χ3v) is 6.67. The van der Waals surface area contributed by atoms with Crippen LogP contribution < -0.4 is 4.90 Å². The number of para-hydroxylation sites is 2. The summed E-state index contributed by atoms with van der Waals surface area (Å²) in [4.78, 5) is 13.0. The van der Waals surface area contributed by atoms with E-state index in [1.807, 2.05) is 17.0 Å². The van der Waals surface area contributed by atoms with Gasteiger partial charge in [-0.1, -0.05) is 37.6 Å². The van der Waals surface area contributed by atoms with Crippen molar-refractivity contribution in [2.45, 2.75) is 24.7 Å². The maximum atomic E-state index is 12.9. The smallest absolute Gasteiger partial charge is 0.292 e. The third kappa shape index (κ3) is 4.12. The van der Waals surface area contributed by atoms with Crippen LogP contribution in [0.4, 0.5) is 11.4 Å². The molecule has 3 rings (SSSR count). The van der Waals surface area contributed by atoms with E-state index in [9.17, 15) is 18.5 Å². The van der Waals surface area contributed by atoms with Gasteiger partial charge >= 0.3 is 0 Å². The molecular formula is C19H23N3O4S. The topological polar surface area (TPSA) is 83.8 Å². The second-order valence-corrected chi connectivity index (χ2v) is 8.47. The Balaban J connectivity index is 1.72. The zero-order valence-electron chi connectivity index (χ0n) is 15.2. The Morgan fingerprint density at radius 3 is 2.22 bits per heavy atom. The predicted octanol–water partition coefficient (Wildman–Crippen LogP) is 3.06. The summed E-state index contributed by atoms with van der Waals surface area (Å²) in [6, 6.07) is 13.6. The van der Waals surface area contributed by atoms with Crippen molar-refractivity contribution in [2.24, 2.45) is 0 Å². The Kier molecular flexibility index (Phi) is 5.76. The Morgan fingerprint density at radius 1 is 1.00 bits per heavy atom. The molecule has 7 nitrogen and oxygen atoms in total. The highest BCUT2D eigenvalue weighted by Crippen LogP contribution is 2.29. The molecule has 1 aliphatic heterocycles. The van der Waals surface area contributed by atoms with Gasteiger partial charge in [-0.2, -0.15) is 4.31 Å². The van der Waals surface area contributed by atoms with Crippen LogP contribution >= 0.6 is 0 Å². The lowest BCUT2D eigenvalue weighted by molar-refractivity contribution is -0.384. The van der Waals surface area contributed by atoms with Crippen molar-refractivity contribution < 1.29 is 13.3 Å². The van der Waals surface area contributed by atoms with Crippen LogP contribution in [-0.4, -0.2) is 43.8 Å². The zero-order chi connectivity index (χ0) is 19.4. The number of hydrogen-bond donors (Lipinski definition) is 0. The van der Waals surface area contributed by atoms with E-state index < -0.39 is 14.9 Å². The standard InChI is InChI=1S/C19H23N3O4S/c1-2-5-16-8-10-17(11-9-16)27(25,26)21-14-12-20(13-15-21)18-6-3-4-7-19(18)22(23)24/h3-4,6-11H,2,5,12-15H2,1H3. The summed E-state index contributed by atoms with van der Waals surface area (Å²) in [5.74, 6) is 0. The van der Waals surface area contributed by atoms with Crippen molar-refractivity contribution in [3.8, 4) is 0 Å². The van der Waals surface area contributed by atoms with Gasteiger partial charge < -0.3 is 4.90 Å². The van der Waals surface area contributed by atoms with E-state index in [1.54, 1.807) is 30.3 Å². The van der Waals surface area contributed by atoms with Gasteiger partial charge in [0.15, 0.2) is 0 Å². The molecule has 1 aliphatic rings. The molecule has 144 valence electrons. The van der Waals surface area contributed by atoms with Crippen LogP contribution in [0, 0.1) is 10.1 Å². The average molecular weight is 389 g/mol. The van der Waals surface area contributed by atoms with Gasteiger partial charge in [0.2, 0.25) is 10.0 Å². The lowest BCUT2D eigenvalue weighted by Crippen LogP contribution is -2.48. The first kappa shape index (κ1) is 19.3. The normalized spacial score (nSPS) is 15.7. The molecule has 0 amide bonds.